The summed E-state index contributed by atoms with van der Waals surface area (Å²) in [4.78, 5) is 27.5. The molecule has 0 amide bonds. The maximum absolute atomic E-state index is 12.1. The summed E-state index contributed by atoms with van der Waals surface area (Å²) in [5, 5.41) is 38.9. The van der Waals surface area contributed by atoms with Gasteiger partial charge in [-0.2, -0.15) is 0 Å². The molecule has 0 saturated heterocycles. The number of pyridine rings is 1. The van der Waals surface area contributed by atoms with Gasteiger partial charge in [0.15, 0.2) is 0 Å². The highest BCUT2D eigenvalue weighted by atomic mass is 16.6. The van der Waals surface area contributed by atoms with Crippen molar-refractivity contribution in [1.29, 1.82) is 0 Å². The van der Waals surface area contributed by atoms with Crippen LogP contribution in [-0.4, -0.2) is 37.7 Å². The zero-order valence-corrected chi connectivity index (χ0v) is 17.5. The molecule has 0 radical (unpaired) electrons. The van der Waals surface area contributed by atoms with E-state index in [0.29, 0.717) is 25.3 Å². The van der Waals surface area contributed by atoms with E-state index < -0.39 is 16.5 Å². The Hall–Kier alpha value is -3.20. The lowest BCUT2D eigenvalue weighted by Crippen LogP contribution is -2.59. The van der Waals surface area contributed by atoms with Gasteiger partial charge < -0.3 is 20.8 Å². The van der Waals surface area contributed by atoms with Gasteiger partial charge in [-0.05, 0) is 55.4 Å². The maximum atomic E-state index is 12.1. The van der Waals surface area contributed by atoms with E-state index in [4.69, 9.17) is 0 Å². The molecule has 4 fully saturated rings. The monoisotopic (exact) mass is 438 g/mol. The van der Waals surface area contributed by atoms with Gasteiger partial charge in [0, 0.05) is 18.8 Å². The smallest absolute Gasteiger partial charge is 0.339 e. The molecule has 9 heteroatoms. The normalized spacial score (nSPS) is 30.2. The number of aliphatic hydroxyl groups is 1. The van der Waals surface area contributed by atoms with E-state index in [0.717, 1.165) is 24.8 Å². The van der Waals surface area contributed by atoms with Crippen molar-refractivity contribution >= 4 is 23.2 Å². The summed E-state index contributed by atoms with van der Waals surface area (Å²) >= 11 is 0. The molecule has 168 valence electrons. The Kier molecular flexibility index (Phi) is 5.00. The number of rotatable bonds is 7. The Balaban J connectivity index is 1.48. The Morgan fingerprint density at radius 2 is 1.88 bits per heavy atom. The second-order valence-corrected chi connectivity index (χ2v) is 9.51. The summed E-state index contributed by atoms with van der Waals surface area (Å²) in [6, 6.07) is 9.31. The van der Waals surface area contributed by atoms with Crippen LogP contribution in [0.4, 0.5) is 17.2 Å². The highest BCUT2D eigenvalue weighted by Crippen LogP contribution is 2.56. The number of nitrogens with one attached hydrogen (secondary N) is 2. The second-order valence-electron chi connectivity index (χ2n) is 9.51. The molecular formula is C23H26N4O5. The SMILES string of the molecule is O=C(O)c1cnc(NCc2ccccc2)c([N+](=O)[O-])c1NC1C2CC3CC1CC(O)(C3)C2. The molecule has 0 spiro atoms. The summed E-state index contributed by atoms with van der Waals surface area (Å²) in [5.74, 6) is -0.415. The van der Waals surface area contributed by atoms with E-state index in [-0.39, 0.29) is 40.6 Å². The van der Waals surface area contributed by atoms with E-state index in [2.05, 4.69) is 15.6 Å². The van der Waals surface area contributed by atoms with Crippen LogP contribution >= 0.6 is 0 Å². The third-order valence-electron chi connectivity index (χ3n) is 7.32. The predicted molar refractivity (Wildman–Crippen MR) is 118 cm³/mol. The lowest BCUT2D eigenvalue weighted by atomic mass is 9.52. The molecular weight excluding hydrogens is 412 g/mol. The van der Waals surface area contributed by atoms with Crippen LogP contribution in [0.3, 0.4) is 0 Å². The van der Waals surface area contributed by atoms with Crippen LogP contribution in [0.2, 0.25) is 0 Å². The lowest BCUT2D eigenvalue weighted by Gasteiger charge is -2.58. The molecule has 4 aliphatic carbocycles. The van der Waals surface area contributed by atoms with Crippen LogP contribution in [0.1, 0.15) is 48.0 Å². The fourth-order valence-electron chi connectivity index (χ4n) is 6.28. The van der Waals surface area contributed by atoms with Crippen LogP contribution in [0.25, 0.3) is 0 Å². The number of carboxylic acid groups (broad SMARTS) is 1. The zero-order valence-electron chi connectivity index (χ0n) is 17.5. The molecule has 1 aromatic carbocycles. The van der Waals surface area contributed by atoms with Gasteiger partial charge in [-0.1, -0.05) is 30.3 Å². The number of nitrogens with zero attached hydrogens (tertiary/aromatic N) is 2. The fourth-order valence-corrected chi connectivity index (χ4v) is 6.28. The van der Waals surface area contributed by atoms with Gasteiger partial charge in [0.25, 0.3) is 0 Å². The topological polar surface area (TPSA) is 138 Å². The molecule has 9 nitrogen and oxygen atoms in total. The summed E-state index contributed by atoms with van der Waals surface area (Å²) in [6.07, 6.45) is 5.22. The second kappa shape index (κ2) is 7.74. The number of aromatic carboxylic acids is 1. The molecule has 32 heavy (non-hydrogen) atoms. The van der Waals surface area contributed by atoms with Crippen LogP contribution in [0.15, 0.2) is 36.5 Å². The van der Waals surface area contributed by atoms with Gasteiger partial charge in [-0.15, -0.1) is 0 Å². The zero-order chi connectivity index (χ0) is 22.5. The Bertz CT molecular complexity index is 1040. The number of hydrogen-bond donors (Lipinski definition) is 4. The van der Waals surface area contributed by atoms with Crippen LogP contribution in [0, 0.1) is 27.9 Å². The molecule has 4 saturated carbocycles. The number of aromatic nitrogens is 1. The maximum Gasteiger partial charge on any atom is 0.339 e. The molecule has 2 unspecified atom stereocenters. The molecule has 4 aliphatic rings. The van der Waals surface area contributed by atoms with E-state index in [1.165, 1.54) is 6.20 Å². The third kappa shape index (κ3) is 3.66. The van der Waals surface area contributed by atoms with Crippen LogP contribution in [0.5, 0.6) is 0 Å². The number of hydrogen-bond acceptors (Lipinski definition) is 7. The Labute approximate surface area is 185 Å². The highest BCUT2D eigenvalue weighted by Gasteiger charge is 2.55. The van der Waals surface area contributed by atoms with Gasteiger partial charge in [-0.3, -0.25) is 10.1 Å². The molecule has 6 rings (SSSR count). The number of carboxylic acids is 1. The van der Waals surface area contributed by atoms with Crippen molar-refractivity contribution in [3.05, 3.63) is 57.8 Å². The third-order valence-corrected chi connectivity index (χ3v) is 7.32. The van der Waals surface area contributed by atoms with Crippen molar-refractivity contribution in [3.63, 3.8) is 0 Å². The number of benzene rings is 1. The summed E-state index contributed by atoms with van der Waals surface area (Å²) in [6.45, 7) is 0.323. The van der Waals surface area contributed by atoms with Crippen LogP contribution < -0.4 is 10.6 Å². The van der Waals surface area contributed by atoms with Crippen molar-refractivity contribution in [3.8, 4) is 0 Å². The molecule has 2 aromatic rings. The van der Waals surface area contributed by atoms with E-state index >= 15 is 0 Å². The van der Waals surface area contributed by atoms with Gasteiger partial charge >= 0.3 is 11.7 Å². The van der Waals surface area contributed by atoms with Gasteiger partial charge in [0.1, 0.15) is 11.3 Å². The standard InChI is InChI=1S/C23H26N4O5/c28-22(29)17-12-25-21(24-11-13-4-2-1-3-5-13)20(27(31)32)19(17)26-18-15-6-14-7-16(18)10-23(30,8-14)9-15/h1-5,12,14-16,18,30H,6-11H2,(H,28,29)(H2,24,25,26). The van der Waals surface area contributed by atoms with Crippen molar-refractivity contribution in [2.24, 2.45) is 17.8 Å². The average molecular weight is 438 g/mol. The van der Waals surface area contributed by atoms with Crippen molar-refractivity contribution in [1.82, 2.24) is 4.98 Å². The molecule has 0 aliphatic heterocycles. The summed E-state index contributed by atoms with van der Waals surface area (Å²) in [7, 11) is 0. The number of nitro groups is 1. The lowest BCUT2D eigenvalue weighted by molar-refractivity contribution is -0.383. The molecule has 1 heterocycles. The highest BCUT2D eigenvalue weighted by molar-refractivity contribution is 5.98. The minimum atomic E-state index is -1.26. The van der Waals surface area contributed by atoms with Crippen LogP contribution in [-0.2, 0) is 6.54 Å². The minimum absolute atomic E-state index is 0.00229. The fraction of sp³-hybridized carbons (Fsp3) is 0.478. The van der Waals surface area contributed by atoms with Crippen molar-refractivity contribution in [2.75, 3.05) is 10.6 Å². The molecule has 2 atom stereocenters. The predicted octanol–water partition coefficient (Wildman–Crippen LogP) is 3.65. The van der Waals surface area contributed by atoms with Gasteiger partial charge in [0.05, 0.1) is 10.5 Å². The number of anilines is 2. The quantitative estimate of drug-likeness (QED) is 0.380. The molecule has 1 aromatic heterocycles. The van der Waals surface area contributed by atoms with E-state index in [1.807, 2.05) is 30.3 Å². The first-order valence-corrected chi connectivity index (χ1v) is 11.0. The van der Waals surface area contributed by atoms with E-state index in [9.17, 15) is 25.1 Å². The first kappa shape index (κ1) is 20.7. The van der Waals surface area contributed by atoms with E-state index in [1.54, 1.807) is 0 Å². The molecule has 4 bridgehead atoms. The van der Waals surface area contributed by atoms with Crippen molar-refractivity contribution in [2.45, 2.75) is 50.3 Å². The first-order valence-electron chi connectivity index (χ1n) is 11.0. The Morgan fingerprint density at radius 3 is 2.47 bits per heavy atom. The van der Waals surface area contributed by atoms with Gasteiger partial charge in [-0.25, -0.2) is 9.78 Å². The summed E-state index contributed by atoms with van der Waals surface area (Å²) < 4.78 is 0. The minimum Gasteiger partial charge on any atom is -0.478 e. The number of carbonyl (C=O) groups is 1. The Morgan fingerprint density at radius 1 is 1.19 bits per heavy atom. The largest absolute Gasteiger partial charge is 0.478 e. The molecule has 4 N–H and O–H groups in total. The van der Waals surface area contributed by atoms with Gasteiger partial charge in [0.2, 0.25) is 5.82 Å². The van der Waals surface area contributed by atoms with Crippen molar-refractivity contribution < 1.29 is 19.9 Å². The summed E-state index contributed by atoms with van der Waals surface area (Å²) in [5.41, 5.74) is -0.285. The first-order chi connectivity index (χ1) is 15.3. The average Bonchev–Trinajstić information content (AvgIpc) is 2.73.